The van der Waals surface area contributed by atoms with Crippen LogP contribution in [0.3, 0.4) is 0 Å². The molecule has 2 aromatic rings. The second kappa shape index (κ2) is 9.44. The molecular formula is C27H21NO5. The maximum absolute atomic E-state index is 12.6. The molecule has 6 nitrogen and oxygen atoms in total. The zero-order chi connectivity index (χ0) is 23.4. The smallest absolute Gasteiger partial charge is 0.197 e. The van der Waals surface area contributed by atoms with E-state index in [1.54, 1.807) is 60.7 Å². The van der Waals surface area contributed by atoms with Gasteiger partial charge in [0.25, 0.3) is 0 Å². The molecule has 0 spiro atoms. The molecule has 33 heavy (non-hydrogen) atoms. The summed E-state index contributed by atoms with van der Waals surface area (Å²) < 4.78 is 0. The van der Waals surface area contributed by atoms with Gasteiger partial charge in [-0.3, -0.25) is 14.6 Å². The summed E-state index contributed by atoms with van der Waals surface area (Å²) in [6.07, 6.45) is 7.83. The normalized spacial score (nSPS) is 15.8. The third-order valence-electron chi connectivity index (χ3n) is 5.47. The highest BCUT2D eigenvalue weighted by Crippen LogP contribution is 2.32. The van der Waals surface area contributed by atoms with Crippen LogP contribution in [0.15, 0.2) is 89.0 Å². The Labute approximate surface area is 190 Å². The van der Waals surface area contributed by atoms with Crippen LogP contribution in [0.25, 0.3) is 11.5 Å². The Bertz CT molecular complexity index is 1220. The molecule has 0 radical (unpaired) electrons. The zero-order valence-corrected chi connectivity index (χ0v) is 17.7. The lowest BCUT2D eigenvalue weighted by atomic mass is 10.1. The number of carbonyl (C=O) groups excluding carboxylic acids is 3. The fraction of sp³-hybridized carbons (Fsp3) is 0.111. The van der Waals surface area contributed by atoms with E-state index in [0.717, 1.165) is 6.29 Å². The lowest BCUT2D eigenvalue weighted by molar-refractivity contribution is -0.107. The first-order valence-corrected chi connectivity index (χ1v) is 10.5. The summed E-state index contributed by atoms with van der Waals surface area (Å²) >= 11 is 0. The summed E-state index contributed by atoms with van der Waals surface area (Å²) in [5.41, 5.74) is 2.54. The molecule has 0 unspecified atom stereocenters. The van der Waals surface area contributed by atoms with Crippen molar-refractivity contribution in [3.05, 3.63) is 106 Å². The number of aliphatic hydroxyl groups excluding tert-OH is 2. The number of hydrogen-bond acceptors (Lipinski definition) is 6. The van der Waals surface area contributed by atoms with E-state index in [2.05, 4.69) is 4.99 Å². The predicted molar refractivity (Wildman–Crippen MR) is 127 cm³/mol. The fourth-order valence-corrected chi connectivity index (χ4v) is 3.76. The summed E-state index contributed by atoms with van der Waals surface area (Å²) in [7, 11) is 0. The SMILES string of the molecule is O=CCCCN=C(C=CC1=C(O)c2ccccc2C1=O)/C=C/C1=C(O)c2ccccc2C1=O. The Hall–Kier alpha value is -4.32. The molecule has 0 fully saturated rings. The molecule has 2 aromatic carbocycles. The van der Waals surface area contributed by atoms with E-state index >= 15 is 0 Å². The second-order valence-electron chi connectivity index (χ2n) is 7.56. The first-order valence-electron chi connectivity index (χ1n) is 10.5. The summed E-state index contributed by atoms with van der Waals surface area (Å²) in [5.74, 6) is -0.772. The van der Waals surface area contributed by atoms with E-state index in [-0.39, 0.29) is 34.2 Å². The van der Waals surface area contributed by atoms with Gasteiger partial charge in [-0.25, -0.2) is 0 Å². The number of aliphatic hydroxyl groups is 2. The average molecular weight is 439 g/mol. The van der Waals surface area contributed by atoms with Gasteiger partial charge in [0, 0.05) is 35.2 Å². The number of aldehydes is 1. The average Bonchev–Trinajstić information content (AvgIpc) is 3.23. The Kier molecular flexibility index (Phi) is 6.26. The van der Waals surface area contributed by atoms with Crippen molar-refractivity contribution in [2.45, 2.75) is 12.8 Å². The first kappa shape index (κ1) is 21.9. The molecule has 2 aliphatic carbocycles. The highest BCUT2D eigenvalue weighted by atomic mass is 16.3. The molecule has 0 aliphatic heterocycles. The van der Waals surface area contributed by atoms with Gasteiger partial charge >= 0.3 is 0 Å². The maximum Gasteiger partial charge on any atom is 0.197 e. The van der Waals surface area contributed by atoms with Crippen LogP contribution in [0, 0.1) is 0 Å². The van der Waals surface area contributed by atoms with Crippen LogP contribution < -0.4 is 0 Å². The highest BCUT2D eigenvalue weighted by Gasteiger charge is 2.28. The minimum atomic E-state index is -0.287. The summed E-state index contributed by atoms with van der Waals surface area (Å²) in [5, 5.41) is 20.9. The van der Waals surface area contributed by atoms with Crippen LogP contribution in [0.1, 0.15) is 44.7 Å². The lowest BCUT2D eigenvalue weighted by Gasteiger charge is -1.99. The first-order chi connectivity index (χ1) is 16.0. The molecule has 4 rings (SSSR count). The number of nitrogens with zero attached hydrogens (tertiary/aromatic N) is 1. The largest absolute Gasteiger partial charge is 0.507 e. The standard InChI is InChI=1S/C27H21NO5/c29-16-6-5-15-28-17(11-13-22-24(30)18-7-1-2-8-19(18)25(22)31)12-14-23-26(32)20-9-3-4-10-21(20)27(23)33/h1-4,7-14,16,30,32H,5-6,15H2/b13-11+,14-12?,28-17?. The molecule has 0 aromatic heterocycles. The third kappa shape index (κ3) is 4.23. The number of benzene rings is 2. The lowest BCUT2D eigenvalue weighted by Crippen LogP contribution is -1.99. The molecule has 6 heteroatoms. The van der Waals surface area contributed by atoms with E-state index in [1.165, 1.54) is 12.2 Å². The van der Waals surface area contributed by atoms with Crippen molar-refractivity contribution in [1.82, 2.24) is 0 Å². The van der Waals surface area contributed by atoms with Gasteiger partial charge in [-0.05, 0) is 30.7 Å². The summed E-state index contributed by atoms with van der Waals surface area (Å²) in [6.45, 7) is 0.362. The minimum absolute atomic E-state index is 0.0992. The van der Waals surface area contributed by atoms with E-state index in [4.69, 9.17) is 0 Å². The zero-order valence-electron chi connectivity index (χ0n) is 17.7. The molecule has 164 valence electrons. The van der Waals surface area contributed by atoms with E-state index < -0.39 is 0 Å². The van der Waals surface area contributed by atoms with Crippen LogP contribution in [-0.4, -0.2) is 40.3 Å². The van der Waals surface area contributed by atoms with Crippen molar-refractivity contribution >= 4 is 35.1 Å². The number of carbonyl (C=O) groups is 3. The van der Waals surface area contributed by atoms with Crippen molar-refractivity contribution in [3.8, 4) is 0 Å². The number of allylic oxidation sites excluding steroid dienone is 6. The van der Waals surface area contributed by atoms with Crippen molar-refractivity contribution in [2.75, 3.05) is 6.54 Å². The van der Waals surface area contributed by atoms with Crippen LogP contribution in [0.4, 0.5) is 0 Å². The topological polar surface area (TPSA) is 104 Å². The van der Waals surface area contributed by atoms with Gasteiger partial charge in [0.05, 0.1) is 16.9 Å². The van der Waals surface area contributed by atoms with Crippen LogP contribution in [0.2, 0.25) is 0 Å². The second-order valence-corrected chi connectivity index (χ2v) is 7.56. The number of unbranched alkanes of at least 4 members (excludes halogenated alkanes) is 1. The number of aliphatic imine (C=N–C) groups is 1. The molecule has 0 heterocycles. The molecule has 0 saturated carbocycles. The van der Waals surface area contributed by atoms with Gasteiger partial charge < -0.3 is 15.0 Å². The van der Waals surface area contributed by atoms with E-state index in [9.17, 15) is 24.6 Å². The van der Waals surface area contributed by atoms with E-state index in [0.29, 0.717) is 47.4 Å². The van der Waals surface area contributed by atoms with Gasteiger partial charge in [0.2, 0.25) is 0 Å². The van der Waals surface area contributed by atoms with Crippen molar-refractivity contribution in [3.63, 3.8) is 0 Å². The van der Waals surface area contributed by atoms with Gasteiger partial charge in [0.15, 0.2) is 11.6 Å². The molecule has 0 amide bonds. The summed E-state index contributed by atoms with van der Waals surface area (Å²) in [4.78, 5) is 40.3. The minimum Gasteiger partial charge on any atom is -0.507 e. The van der Waals surface area contributed by atoms with Crippen LogP contribution >= 0.6 is 0 Å². The predicted octanol–water partition coefficient (Wildman–Crippen LogP) is 4.85. The molecule has 2 N–H and O–H groups in total. The van der Waals surface area contributed by atoms with E-state index in [1.807, 2.05) is 0 Å². The van der Waals surface area contributed by atoms with Crippen LogP contribution in [0.5, 0.6) is 0 Å². The molecule has 0 saturated heterocycles. The van der Waals surface area contributed by atoms with Gasteiger partial charge in [-0.15, -0.1) is 0 Å². The molecule has 2 aliphatic rings. The Balaban J connectivity index is 1.61. The van der Waals surface area contributed by atoms with Gasteiger partial charge in [-0.1, -0.05) is 48.5 Å². The van der Waals surface area contributed by atoms with Gasteiger partial charge in [-0.2, -0.15) is 0 Å². The highest BCUT2D eigenvalue weighted by molar-refractivity contribution is 6.23. The van der Waals surface area contributed by atoms with Crippen molar-refractivity contribution < 1.29 is 24.6 Å². The number of Topliss-reactive ketones (excluding diaryl/α,β-unsaturated/α-hetero) is 2. The Morgan fingerprint density at radius 3 is 1.64 bits per heavy atom. The molecular weight excluding hydrogens is 418 g/mol. The molecule has 0 atom stereocenters. The number of rotatable bonds is 8. The third-order valence-corrected chi connectivity index (χ3v) is 5.47. The Morgan fingerprint density at radius 1 is 0.758 bits per heavy atom. The van der Waals surface area contributed by atoms with Crippen LogP contribution in [-0.2, 0) is 4.79 Å². The van der Waals surface area contributed by atoms with Crippen molar-refractivity contribution in [1.29, 1.82) is 0 Å². The van der Waals surface area contributed by atoms with Gasteiger partial charge in [0.1, 0.15) is 17.8 Å². The number of ketones is 2. The summed E-state index contributed by atoms with van der Waals surface area (Å²) in [6, 6.07) is 13.6. The Morgan fingerprint density at radius 2 is 1.21 bits per heavy atom. The fourth-order valence-electron chi connectivity index (χ4n) is 3.76. The number of hydrogen-bond donors (Lipinski definition) is 2. The molecule has 0 bridgehead atoms. The monoisotopic (exact) mass is 439 g/mol. The maximum atomic E-state index is 12.6. The number of fused-ring (bicyclic) bond motifs is 2. The quantitative estimate of drug-likeness (QED) is 0.348. The van der Waals surface area contributed by atoms with Crippen molar-refractivity contribution in [2.24, 2.45) is 4.99 Å².